The molecule has 7 heteroatoms. The minimum atomic E-state index is -0.806. The number of amides is 1. The number of aliphatic hydroxyl groups is 1. The lowest BCUT2D eigenvalue weighted by Gasteiger charge is -2.29. The van der Waals surface area contributed by atoms with Crippen LogP contribution in [0.4, 0.5) is 4.79 Å². The Kier molecular flexibility index (Phi) is 8.38. The van der Waals surface area contributed by atoms with Gasteiger partial charge in [0, 0.05) is 6.20 Å². The Morgan fingerprint density at radius 2 is 1.83 bits per heavy atom. The van der Waals surface area contributed by atoms with Crippen molar-refractivity contribution in [2.75, 3.05) is 0 Å². The minimum absolute atomic E-state index is 0.133. The SMILES string of the molecule is N[C@@H](c1ccccc1)[C@H](NC(=O)OCc1cncs1)[C@@H](O)CCCc1ccccc1. The average molecular weight is 426 g/mol. The zero-order valence-electron chi connectivity index (χ0n) is 16.7. The number of aromatic nitrogens is 1. The van der Waals surface area contributed by atoms with Crippen LogP contribution >= 0.6 is 11.3 Å². The standard InChI is InChI=1S/C23H27N3O3S/c24-21(18-11-5-2-6-12-18)22(26-23(28)29-15-19-14-25-16-30-19)20(27)13-7-10-17-8-3-1-4-9-17/h1-6,8-9,11-12,14,16,20-22,27H,7,10,13,15,24H2,(H,26,28)/t20-,21-,22+/m0/s1. The summed E-state index contributed by atoms with van der Waals surface area (Å²) in [5.74, 6) is 0. The second-order valence-corrected chi connectivity index (χ2v) is 8.07. The van der Waals surface area contributed by atoms with E-state index in [1.807, 2.05) is 48.5 Å². The molecule has 0 saturated heterocycles. The lowest BCUT2D eigenvalue weighted by atomic mass is 9.93. The number of aliphatic hydroxyl groups excluding tert-OH is 1. The van der Waals surface area contributed by atoms with E-state index in [-0.39, 0.29) is 6.61 Å². The number of thiazole rings is 1. The molecule has 2 aromatic carbocycles. The van der Waals surface area contributed by atoms with Crippen molar-refractivity contribution in [3.05, 3.63) is 88.4 Å². The Morgan fingerprint density at radius 3 is 2.50 bits per heavy atom. The zero-order valence-corrected chi connectivity index (χ0v) is 17.5. The van der Waals surface area contributed by atoms with Gasteiger partial charge >= 0.3 is 6.09 Å². The molecule has 158 valence electrons. The average Bonchev–Trinajstić information content (AvgIpc) is 3.30. The molecular weight excluding hydrogens is 398 g/mol. The summed E-state index contributed by atoms with van der Waals surface area (Å²) in [5.41, 5.74) is 10.2. The smallest absolute Gasteiger partial charge is 0.407 e. The number of ether oxygens (including phenoxy) is 1. The van der Waals surface area contributed by atoms with E-state index in [4.69, 9.17) is 10.5 Å². The summed E-state index contributed by atoms with van der Waals surface area (Å²) in [4.78, 5) is 17.2. The number of hydrogen-bond acceptors (Lipinski definition) is 6. The predicted molar refractivity (Wildman–Crippen MR) is 118 cm³/mol. The summed E-state index contributed by atoms with van der Waals surface area (Å²) in [5, 5.41) is 13.6. The van der Waals surface area contributed by atoms with E-state index in [0.29, 0.717) is 6.42 Å². The van der Waals surface area contributed by atoms with E-state index in [9.17, 15) is 9.90 Å². The van der Waals surface area contributed by atoms with Crippen LogP contribution in [-0.2, 0) is 17.8 Å². The summed E-state index contributed by atoms with van der Waals surface area (Å²) in [6, 6.07) is 18.3. The van der Waals surface area contributed by atoms with Gasteiger partial charge in [0.15, 0.2) is 0 Å². The van der Waals surface area contributed by atoms with Crippen LogP contribution in [0.2, 0.25) is 0 Å². The highest BCUT2D eigenvalue weighted by Gasteiger charge is 2.29. The van der Waals surface area contributed by atoms with Gasteiger partial charge in [-0.1, -0.05) is 60.7 Å². The van der Waals surface area contributed by atoms with Crippen molar-refractivity contribution >= 4 is 17.4 Å². The number of nitrogens with zero attached hydrogens (tertiary/aromatic N) is 1. The quantitative estimate of drug-likeness (QED) is 0.459. The highest BCUT2D eigenvalue weighted by molar-refractivity contribution is 7.09. The van der Waals surface area contributed by atoms with Gasteiger partial charge in [-0.05, 0) is 30.4 Å². The molecule has 0 aliphatic heterocycles. The van der Waals surface area contributed by atoms with Gasteiger partial charge in [0.05, 0.1) is 28.6 Å². The summed E-state index contributed by atoms with van der Waals surface area (Å²) in [6.45, 7) is 0.133. The van der Waals surface area contributed by atoms with Crippen molar-refractivity contribution in [2.45, 2.75) is 44.1 Å². The molecule has 0 bridgehead atoms. The monoisotopic (exact) mass is 425 g/mol. The van der Waals surface area contributed by atoms with Crippen LogP contribution in [0.3, 0.4) is 0 Å². The Hall–Kier alpha value is -2.74. The fourth-order valence-corrected chi connectivity index (χ4v) is 3.78. The second kappa shape index (κ2) is 11.4. The fraction of sp³-hybridized carbons (Fsp3) is 0.304. The Bertz CT molecular complexity index is 875. The number of alkyl carbamates (subject to hydrolysis) is 1. The number of carbonyl (C=O) groups excluding carboxylic acids is 1. The van der Waals surface area contributed by atoms with Gasteiger partial charge in [-0.25, -0.2) is 4.79 Å². The van der Waals surface area contributed by atoms with Crippen LogP contribution in [0.25, 0.3) is 0 Å². The molecule has 0 aliphatic rings. The fourth-order valence-electron chi connectivity index (χ4n) is 3.28. The van der Waals surface area contributed by atoms with Crippen molar-refractivity contribution < 1.29 is 14.6 Å². The predicted octanol–water partition coefficient (Wildman–Crippen LogP) is 3.82. The van der Waals surface area contributed by atoms with Gasteiger partial charge in [0.1, 0.15) is 6.61 Å². The summed E-state index contributed by atoms with van der Waals surface area (Å²) < 4.78 is 5.28. The molecule has 0 fully saturated rings. The number of aryl methyl sites for hydroxylation is 1. The van der Waals surface area contributed by atoms with Crippen LogP contribution in [0.15, 0.2) is 72.4 Å². The summed E-state index contributed by atoms with van der Waals surface area (Å²) >= 11 is 1.41. The van der Waals surface area contributed by atoms with Crippen molar-refractivity contribution in [1.82, 2.24) is 10.3 Å². The van der Waals surface area contributed by atoms with Crippen LogP contribution in [0.1, 0.15) is 34.9 Å². The van der Waals surface area contributed by atoms with Crippen molar-refractivity contribution in [3.8, 4) is 0 Å². The van der Waals surface area contributed by atoms with Crippen molar-refractivity contribution in [2.24, 2.45) is 5.73 Å². The molecule has 1 amide bonds. The molecule has 6 nitrogen and oxygen atoms in total. The minimum Gasteiger partial charge on any atom is -0.444 e. The van der Waals surface area contributed by atoms with E-state index in [0.717, 1.165) is 23.3 Å². The van der Waals surface area contributed by atoms with Crippen LogP contribution in [-0.4, -0.2) is 28.3 Å². The molecule has 0 saturated carbocycles. The van der Waals surface area contributed by atoms with E-state index >= 15 is 0 Å². The summed E-state index contributed by atoms with van der Waals surface area (Å²) in [7, 11) is 0. The van der Waals surface area contributed by atoms with E-state index in [2.05, 4.69) is 22.4 Å². The number of nitrogens with one attached hydrogen (secondary N) is 1. The zero-order chi connectivity index (χ0) is 21.2. The molecule has 0 aliphatic carbocycles. The van der Waals surface area contributed by atoms with Gasteiger partial charge in [0.2, 0.25) is 0 Å². The van der Waals surface area contributed by atoms with E-state index in [1.54, 1.807) is 11.7 Å². The first-order valence-corrected chi connectivity index (χ1v) is 10.8. The molecule has 1 aromatic heterocycles. The van der Waals surface area contributed by atoms with Gasteiger partial charge in [-0.3, -0.25) is 4.98 Å². The second-order valence-electron chi connectivity index (χ2n) is 7.10. The molecule has 0 radical (unpaired) electrons. The molecule has 3 rings (SSSR count). The molecule has 3 aromatic rings. The first kappa shape index (κ1) is 22.0. The number of nitrogens with two attached hydrogens (primary N) is 1. The topological polar surface area (TPSA) is 97.5 Å². The molecule has 0 spiro atoms. The third-order valence-electron chi connectivity index (χ3n) is 4.91. The third kappa shape index (κ3) is 6.66. The van der Waals surface area contributed by atoms with Crippen LogP contribution in [0.5, 0.6) is 0 Å². The van der Waals surface area contributed by atoms with E-state index in [1.165, 1.54) is 16.9 Å². The van der Waals surface area contributed by atoms with Gasteiger partial charge in [-0.2, -0.15) is 0 Å². The normalized spacial score (nSPS) is 13.9. The van der Waals surface area contributed by atoms with E-state index < -0.39 is 24.3 Å². The molecular formula is C23H27N3O3S. The summed E-state index contributed by atoms with van der Waals surface area (Å²) in [6.07, 6.45) is 2.38. The first-order valence-electron chi connectivity index (χ1n) is 9.96. The first-order chi connectivity index (χ1) is 14.6. The number of hydrogen-bond donors (Lipinski definition) is 3. The lowest BCUT2D eigenvalue weighted by Crippen LogP contribution is -2.50. The molecule has 1 heterocycles. The Morgan fingerprint density at radius 1 is 1.13 bits per heavy atom. The maximum absolute atomic E-state index is 12.4. The van der Waals surface area contributed by atoms with Crippen LogP contribution in [0, 0.1) is 0 Å². The maximum Gasteiger partial charge on any atom is 0.407 e. The van der Waals surface area contributed by atoms with Gasteiger partial charge in [-0.15, -0.1) is 11.3 Å². The van der Waals surface area contributed by atoms with Crippen LogP contribution < -0.4 is 11.1 Å². The van der Waals surface area contributed by atoms with Crippen molar-refractivity contribution in [1.29, 1.82) is 0 Å². The number of benzene rings is 2. The lowest BCUT2D eigenvalue weighted by molar-refractivity contribution is 0.0867. The Labute approximate surface area is 180 Å². The van der Waals surface area contributed by atoms with Gasteiger partial charge in [0.25, 0.3) is 0 Å². The molecule has 30 heavy (non-hydrogen) atoms. The maximum atomic E-state index is 12.4. The van der Waals surface area contributed by atoms with Gasteiger partial charge < -0.3 is 20.9 Å². The molecule has 0 unspecified atom stereocenters. The highest BCUT2D eigenvalue weighted by atomic mass is 32.1. The molecule has 3 atom stereocenters. The number of carbonyl (C=O) groups is 1. The van der Waals surface area contributed by atoms with Crippen molar-refractivity contribution in [3.63, 3.8) is 0 Å². The largest absolute Gasteiger partial charge is 0.444 e. The number of rotatable bonds is 10. The third-order valence-corrected chi connectivity index (χ3v) is 5.66. The highest BCUT2D eigenvalue weighted by Crippen LogP contribution is 2.20. The molecule has 4 N–H and O–H groups in total. The Balaban J connectivity index is 1.61.